The maximum atomic E-state index is 12.0. The fraction of sp³-hybridized carbons (Fsp3) is 0.867. The second-order valence-corrected chi connectivity index (χ2v) is 6.15. The van der Waals surface area contributed by atoms with Crippen LogP contribution in [0, 0.1) is 11.8 Å². The first-order chi connectivity index (χ1) is 9.66. The summed E-state index contributed by atoms with van der Waals surface area (Å²) in [5, 5.41) is 11.9. The minimum atomic E-state index is -0.788. The molecule has 20 heavy (non-hydrogen) atoms. The average molecular weight is 282 g/mol. The van der Waals surface area contributed by atoms with Crippen molar-refractivity contribution < 1.29 is 14.7 Å². The molecule has 0 spiro atoms. The molecule has 1 atom stereocenters. The predicted molar refractivity (Wildman–Crippen MR) is 76.5 cm³/mol. The van der Waals surface area contributed by atoms with Gasteiger partial charge >= 0.3 is 12.0 Å². The largest absolute Gasteiger partial charge is 0.481 e. The second kappa shape index (κ2) is 7.50. The summed E-state index contributed by atoms with van der Waals surface area (Å²) in [6.07, 6.45) is 9.13. The highest BCUT2D eigenvalue weighted by molar-refractivity contribution is 5.76. The van der Waals surface area contributed by atoms with Gasteiger partial charge in [0.05, 0.1) is 5.92 Å². The highest BCUT2D eigenvalue weighted by Gasteiger charge is 2.27. The number of aliphatic carboxylic acids is 1. The summed E-state index contributed by atoms with van der Waals surface area (Å²) in [5.41, 5.74) is 0. The minimum Gasteiger partial charge on any atom is -0.481 e. The number of piperidine rings is 1. The van der Waals surface area contributed by atoms with Crippen LogP contribution >= 0.6 is 0 Å². The lowest BCUT2D eigenvalue weighted by molar-refractivity contribution is -0.143. The van der Waals surface area contributed by atoms with E-state index in [9.17, 15) is 9.59 Å². The lowest BCUT2D eigenvalue weighted by Gasteiger charge is -2.30. The molecule has 2 rings (SSSR count). The highest BCUT2D eigenvalue weighted by Crippen LogP contribution is 2.28. The fourth-order valence-electron chi connectivity index (χ4n) is 3.36. The summed E-state index contributed by atoms with van der Waals surface area (Å²) >= 11 is 0. The molecule has 5 nitrogen and oxygen atoms in total. The molecule has 0 aromatic rings. The van der Waals surface area contributed by atoms with E-state index in [2.05, 4.69) is 5.32 Å². The summed E-state index contributed by atoms with van der Waals surface area (Å²) in [5.74, 6) is -0.324. The van der Waals surface area contributed by atoms with Gasteiger partial charge in [0.1, 0.15) is 0 Å². The quantitative estimate of drug-likeness (QED) is 0.761. The molecule has 1 heterocycles. The van der Waals surface area contributed by atoms with Crippen molar-refractivity contribution in [1.29, 1.82) is 0 Å². The summed E-state index contributed by atoms with van der Waals surface area (Å²) in [7, 11) is 0. The molecule has 1 unspecified atom stereocenters. The van der Waals surface area contributed by atoms with E-state index in [1.807, 2.05) is 0 Å². The van der Waals surface area contributed by atoms with Gasteiger partial charge in [-0.15, -0.1) is 0 Å². The standard InChI is InChI=1S/C15H26N2O3/c18-14(19)13-8-4-10-17(11-13)15(20)16-9-3-7-12-5-1-2-6-12/h12-13H,1-11H2,(H,16,20)(H,18,19). The van der Waals surface area contributed by atoms with Crippen molar-refractivity contribution in [3.63, 3.8) is 0 Å². The zero-order chi connectivity index (χ0) is 14.4. The Morgan fingerprint density at radius 2 is 1.90 bits per heavy atom. The summed E-state index contributed by atoms with van der Waals surface area (Å²) in [6.45, 7) is 1.74. The van der Waals surface area contributed by atoms with Crippen molar-refractivity contribution in [3.05, 3.63) is 0 Å². The summed E-state index contributed by atoms with van der Waals surface area (Å²) in [6, 6.07) is -0.0950. The molecule has 0 radical (unpaired) electrons. The van der Waals surface area contributed by atoms with Crippen LogP contribution in [-0.2, 0) is 4.79 Å². The number of urea groups is 1. The van der Waals surface area contributed by atoms with E-state index >= 15 is 0 Å². The first kappa shape index (κ1) is 15.1. The molecular weight excluding hydrogens is 256 g/mol. The maximum absolute atomic E-state index is 12.0. The molecule has 2 N–H and O–H groups in total. The van der Waals surface area contributed by atoms with Crippen LogP contribution in [0.5, 0.6) is 0 Å². The number of amides is 2. The first-order valence-corrected chi connectivity index (χ1v) is 7.92. The summed E-state index contributed by atoms with van der Waals surface area (Å²) < 4.78 is 0. The van der Waals surface area contributed by atoms with Crippen molar-refractivity contribution >= 4 is 12.0 Å². The smallest absolute Gasteiger partial charge is 0.317 e. The van der Waals surface area contributed by atoms with Crippen molar-refractivity contribution in [2.45, 2.75) is 51.4 Å². The number of rotatable bonds is 5. The molecule has 0 aromatic heterocycles. The van der Waals surface area contributed by atoms with Gasteiger partial charge in [-0.1, -0.05) is 25.7 Å². The van der Waals surface area contributed by atoms with E-state index in [4.69, 9.17) is 5.11 Å². The molecule has 2 amide bonds. The molecule has 1 aliphatic carbocycles. The molecule has 5 heteroatoms. The molecule has 2 fully saturated rings. The number of hydrogen-bond acceptors (Lipinski definition) is 2. The van der Waals surface area contributed by atoms with Crippen molar-refractivity contribution in [1.82, 2.24) is 10.2 Å². The van der Waals surface area contributed by atoms with Gasteiger partial charge in [-0.25, -0.2) is 4.79 Å². The van der Waals surface area contributed by atoms with E-state index in [-0.39, 0.29) is 6.03 Å². The van der Waals surface area contributed by atoms with Gasteiger partial charge < -0.3 is 15.3 Å². The Balaban J connectivity index is 1.62. The Morgan fingerprint density at radius 1 is 1.15 bits per heavy atom. The summed E-state index contributed by atoms with van der Waals surface area (Å²) in [4.78, 5) is 24.6. The normalized spacial score (nSPS) is 23.8. The van der Waals surface area contributed by atoms with Crippen molar-refractivity contribution in [2.24, 2.45) is 11.8 Å². The highest BCUT2D eigenvalue weighted by atomic mass is 16.4. The number of likely N-dealkylation sites (tertiary alicyclic amines) is 1. The maximum Gasteiger partial charge on any atom is 0.317 e. The molecule has 2 aliphatic rings. The fourth-order valence-corrected chi connectivity index (χ4v) is 3.36. The molecule has 1 aliphatic heterocycles. The number of carboxylic acids is 1. The Labute approximate surface area is 120 Å². The lowest BCUT2D eigenvalue weighted by atomic mass is 9.99. The van der Waals surface area contributed by atoms with Crippen molar-refractivity contribution in [2.75, 3.05) is 19.6 Å². The first-order valence-electron chi connectivity index (χ1n) is 7.92. The third kappa shape index (κ3) is 4.39. The van der Waals surface area contributed by atoms with Gasteiger partial charge in [-0.3, -0.25) is 4.79 Å². The van der Waals surface area contributed by atoms with E-state index in [1.54, 1.807) is 4.90 Å². The number of carboxylic acid groups (broad SMARTS) is 1. The van der Waals surface area contributed by atoms with E-state index in [0.717, 1.165) is 18.8 Å². The number of carbonyl (C=O) groups excluding carboxylic acids is 1. The van der Waals surface area contributed by atoms with Crippen LogP contribution in [0.3, 0.4) is 0 Å². The van der Waals surface area contributed by atoms with Gasteiger partial charge in [-0.05, 0) is 31.6 Å². The lowest BCUT2D eigenvalue weighted by Crippen LogP contribution is -2.47. The van der Waals surface area contributed by atoms with Crippen LogP contribution in [0.2, 0.25) is 0 Å². The van der Waals surface area contributed by atoms with Crippen LogP contribution in [0.15, 0.2) is 0 Å². The SMILES string of the molecule is O=C(O)C1CCCN(C(=O)NCCCC2CCCC2)C1. The Bertz CT molecular complexity index is 340. The van der Waals surface area contributed by atoms with Crippen LogP contribution in [0.25, 0.3) is 0 Å². The average Bonchev–Trinajstić information content (AvgIpc) is 2.96. The van der Waals surface area contributed by atoms with Crippen LogP contribution < -0.4 is 5.32 Å². The van der Waals surface area contributed by atoms with Crippen LogP contribution in [0.4, 0.5) is 4.79 Å². The molecule has 114 valence electrons. The number of carbonyl (C=O) groups is 2. The minimum absolute atomic E-state index is 0.0950. The Hall–Kier alpha value is -1.26. The van der Waals surface area contributed by atoms with E-state index in [0.29, 0.717) is 26.1 Å². The van der Waals surface area contributed by atoms with Gasteiger partial charge in [0.15, 0.2) is 0 Å². The van der Waals surface area contributed by atoms with Gasteiger partial charge in [0.25, 0.3) is 0 Å². The molecular formula is C15H26N2O3. The van der Waals surface area contributed by atoms with Crippen LogP contribution in [-0.4, -0.2) is 41.6 Å². The monoisotopic (exact) mass is 282 g/mol. The third-order valence-electron chi connectivity index (χ3n) is 4.60. The Morgan fingerprint density at radius 3 is 2.60 bits per heavy atom. The van der Waals surface area contributed by atoms with E-state index < -0.39 is 11.9 Å². The zero-order valence-electron chi connectivity index (χ0n) is 12.1. The van der Waals surface area contributed by atoms with Gasteiger partial charge in [0, 0.05) is 19.6 Å². The molecule has 1 saturated heterocycles. The van der Waals surface area contributed by atoms with E-state index in [1.165, 1.54) is 32.1 Å². The molecule has 0 bridgehead atoms. The molecule has 0 aromatic carbocycles. The topological polar surface area (TPSA) is 69.6 Å². The number of hydrogen-bond donors (Lipinski definition) is 2. The van der Waals surface area contributed by atoms with Gasteiger partial charge in [-0.2, -0.15) is 0 Å². The molecule has 1 saturated carbocycles. The number of nitrogens with zero attached hydrogens (tertiary/aromatic N) is 1. The second-order valence-electron chi connectivity index (χ2n) is 6.15. The van der Waals surface area contributed by atoms with Gasteiger partial charge in [0.2, 0.25) is 0 Å². The third-order valence-corrected chi connectivity index (χ3v) is 4.60. The predicted octanol–water partition coefficient (Wildman–Crippen LogP) is 2.46. The van der Waals surface area contributed by atoms with Crippen LogP contribution in [0.1, 0.15) is 51.4 Å². The van der Waals surface area contributed by atoms with Crippen molar-refractivity contribution in [3.8, 4) is 0 Å². The Kier molecular flexibility index (Phi) is 5.68. The zero-order valence-corrected chi connectivity index (χ0v) is 12.1. The number of nitrogens with one attached hydrogen (secondary N) is 1.